The van der Waals surface area contributed by atoms with Gasteiger partial charge >= 0.3 is 0 Å². The van der Waals surface area contributed by atoms with Crippen LogP contribution in [-0.2, 0) is 0 Å². The number of hydrogen-bond acceptors (Lipinski definition) is 6. The second-order valence-corrected chi connectivity index (χ2v) is 7.31. The predicted octanol–water partition coefficient (Wildman–Crippen LogP) is 4.09. The molecule has 0 radical (unpaired) electrons. The molecular formula is C24H20N4O3. The van der Waals surface area contributed by atoms with Crippen LogP contribution in [0.1, 0.15) is 16.9 Å². The van der Waals surface area contributed by atoms with Crippen molar-refractivity contribution in [3.8, 4) is 28.6 Å². The Bertz CT molecular complexity index is 1160. The van der Waals surface area contributed by atoms with E-state index in [0.717, 1.165) is 23.3 Å². The van der Waals surface area contributed by atoms with Crippen molar-refractivity contribution in [3.05, 3.63) is 84.7 Å². The lowest BCUT2D eigenvalue weighted by molar-refractivity contribution is 0.0766. The van der Waals surface area contributed by atoms with Crippen LogP contribution in [0.3, 0.4) is 0 Å². The monoisotopic (exact) mass is 412 g/mol. The molecule has 0 saturated carbocycles. The third-order valence-corrected chi connectivity index (χ3v) is 5.18. The summed E-state index contributed by atoms with van der Waals surface area (Å²) in [5.74, 6) is 1.69. The fourth-order valence-corrected chi connectivity index (χ4v) is 3.57. The number of rotatable bonds is 5. The molecule has 1 unspecified atom stereocenters. The quantitative estimate of drug-likeness (QED) is 0.491. The summed E-state index contributed by atoms with van der Waals surface area (Å²) >= 11 is 0. The molecule has 0 bridgehead atoms. The number of benzene rings is 2. The summed E-state index contributed by atoms with van der Waals surface area (Å²) in [7, 11) is 0. The van der Waals surface area contributed by atoms with E-state index in [0.29, 0.717) is 30.5 Å². The lowest BCUT2D eigenvalue weighted by Gasteiger charge is -2.17. The largest absolute Gasteiger partial charge is 0.489 e. The standard InChI is InChI=1S/C24H20N4O3/c29-24(21-8-4-5-14-25-21)28-15-13-20(16-28)30-19-11-9-17(10-12-19)22-26-23(31-27-22)18-6-2-1-3-7-18/h1-12,14,20H,13,15-16H2. The van der Waals surface area contributed by atoms with E-state index in [4.69, 9.17) is 9.26 Å². The van der Waals surface area contributed by atoms with Gasteiger partial charge in [-0.15, -0.1) is 0 Å². The average Bonchev–Trinajstić information content (AvgIpc) is 3.51. The molecule has 1 aliphatic rings. The number of carbonyl (C=O) groups is 1. The van der Waals surface area contributed by atoms with Gasteiger partial charge < -0.3 is 14.2 Å². The Hall–Kier alpha value is -4.00. The van der Waals surface area contributed by atoms with Crippen molar-refractivity contribution >= 4 is 5.91 Å². The predicted molar refractivity (Wildman–Crippen MR) is 114 cm³/mol. The Balaban J connectivity index is 1.21. The van der Waals surface area contributed by atoms with Gasteiger partial charge in [0.1, 0.15) is 17.5 Å². The van der Waals surface area contributed by atoms with E-state index in [9.17, 15) is 4.79 Å². The molecule has 1 amide bonds. The Morgan fingerprint density at radius 3 is 2.55 bits per heavy atom. The zero-order valence-electron chi connectivity index (χ0n) is 16.7. The van der Waals surface area contributed by atoms with E-state index in [1.807, 2.05) is 60.7 Å². The number of amides is 1. The van der Waals surface area contributed by atoms with Crippen LogP contribution in [0.25, 0.3) is 22.8 Å². The van der Waals surface area contributed by atoms with Gasteiger partial charge in [-0.3, -0.25) is 9.78 Å². The number of likely N-dealkylation sites (tertiary alicyclic amines) is 1. The summed E-state index contributed by atoms with van der Waals surface area (Å²) in [6.07, 6.45) is 2.37. The first-order valence-corrected chi connectivity index (χ1v) is 10.1. The van der Waals surface area contributed by atoms with Crippen molar-refractivity contribution in [2.45, 2.75) is 12.5 Å². The van der Waals surface area contributed by atoms with Gasteiger partial charge in [0.2, 0.25) is 5.82 Å². The molecule has 7 heteroatoms. The minimum absolute atomic E-state index is 0.0478. The first-order valence-electron chi connectivity index (χ1n) is 10.1. The molecule has 1 atom stereocenters. The van der Waals surface area contributed by atoms with Crippen molar-refractivity contribution in [1.82, 2.24) is 20.0 Å². The average molecular weight is 412 g/mol. The van der Waals surface area contributed by atoms with E-state index < -0.39 is 0 Å². The molecular weight excluding hydrogens is 392 g/mol. The highest BCUT2D eigenvalue weighted by atomic mass is 16.5. The molecule has 0 N–H and O–H groups in total. The summed E-state index contributed by atoms with van der Waals surface area (Å²) in [5.41, 5.74) is 2.19. The second kappa shape index (κ2) is 8.39. The summed E-state index contributed by atoms with van der Waals surface area (Å²) in [4.78, 5) is 22.9. The molecule has 1 aliphatic heterocycles. The van der Waals surface area contributed by atoms with Crippen LogP contribution < -0.4 is 4.74 Å². The summed E-state index contributed by atoms with van der Waals surface area (Å²) in [6.45, 7) is 1.20. The van der Waals surface area contributed by atoms with Crippen molar-refractivity contribution in [3.63, 3.8) is 0 Å². The van der Waals surface area contributed by atoms with Crippen LogP contribution in [0.4, 0.5) is 0 Å². The summed E-state index contributed by atoms with van der Waals surface area (Å²) in [5, 5.41) is 4.08. The van der Waals surface area contributed by atoms with Gasteiger partial charge in [-0.25, -0.2) is 0 Å². The normalized spacial score (nSPS) is 15.7. The van der Waals surface area contributed by atoms with E-state index in [1.54, 1.807) is 23.2 Å². The molecule has 0 spiro atoms. The van der Waals surface area contributed by atoms with Gasteiger partial charge in [0, 0.05) is 30.3 Å². The first-order chi connectivity index (χ1) is 15.3. The Morgan fingerprint density at radius 1 is 0.968 bits per heavy atom. The van der Waals surface area contributed by atoms with Crippen molar-refractivity contribution in [2.24, 2.45) is 0 Å². The number of aromatic nitrogens is 3. The van der Waals surface area contributed by atoms with E-state index in [-0.39, 0.29) is 12.0 Å². The highest BCUT2D eigenvalue weighted by Gasteiger charge is 2.28. The molecule has 2 aromatic heterocycles. The minimum Gasteiger partial charge on any atom is -0.489 e. The molecule has 0 aliphatic carbocycles. The third-order valence-electron chi connectivity index (χ3n) is 5.18. The molecule has 1 fully saturated rings. The van der Waals surface area contributed by atoms with Gasteiger partial charge in [-0.05, 0) is 48.5 Å². The SMILES string of the molecule is O=C(c1ccccn1)N1CCC(Oc2ccc(-c3noc(-c4ccccc4)n3)cc2)C1. The van der Waals surface area contributed by atoms with Crippen molar-refractivity contribution < 1.29 is 14.1 Å². The number of pyridine rings is 1. The number of nitrogens with zero attached hydrogens (tertiary/aromatic N) is 4. The molecule has 154 valence electrons. The smallest absolute Gasteiger partial charge is 0.272 e. The zero-order chi connectivity index (χ0) is 21.0. The second-order valence-electron chi connectivity index (χ2n) is 7.31. The van der Waals surface area contributed by atoms with Crippen LogP contribution in [0.5, 0.6) is 5.75 Å². The van der Waals surface area contributed by atoms with E-state index in [1.165, 1.54) is 0 Å². The molecule has 31 heavy (non-hydrogen) atoms. The van der Waals surface area contributed by atoms with Gasteiger partial charge in [0.15, 0.2) is 0 Å². The van der Waals surface area contributed by atoms with E-state index in [2.05, 4.69) is 15.1 Å². The van der Waals surface area contributed by atoms with Gasteiger partial charge in [0.05, 0.1) is 6.54 Å². The Kier molecular flexibility index (Phi) is 5.14. The van der Waals surface area contributed by atoms with Gasteiger partial charge in [0.25, 0.3) is 11.8 Å². The number of carbonyl (C=O) groups excluding carboxylic acids is 1. The highest BCUT2D eigenvalue weighted by Crippen LogP contribution is 2.25. The van der Waals surface area contributed by atoms with Crippen LogP contribution in [0.15, 0.2) is 83.5 Å². The Labute approximate surface area is 179 Å². The van der Waals surface area contributed by atoms with Gasteiger partial charge in [-0.2, -0.15) is 4.98 Å². The topological polar surface area (TPSA) is 81.4 Å². The van der Waals surface area contributed by atoms with Crippen LogP contribution >= 0.6 is 0 Å². The van der Waals surface area contributed by atoms with Crippen molar-refractivity contribution in [2.75, 3.05) is 13.1 Å². The maximum atomic E-state index is 12.5. The van der Waals surface area contributed by atoms with Gasteiger partial charge in [-0.1, -0.05) is 29.4 Å². The zero-order valence-corrected chi connectivity index (χ0v) is 16.7. The molecule has 4 aromatic rings. The summed E-state index contributed by atoms with van der Waals surface area (Å²) < 4.78 is 11.5. The maximum Gasteiger partial charge on any atom is 0.272 e. The third kappa shape index (κ3) is 4.16. The van der Waals surface area contributed by atoms with Crippen LogP contribution in [0.2, 0.25) is 0 Å². The fraction of sp³-hybridized carbons (Fsp3) is 0.167. The molecule has 2 aromatic carbocycles. The number of hydrogen-bond donors (Lipinski definition) is 0. The van der Waals surface area contributed by atoms with Crippen LogP contribution in [-0.4, -0.2) is 45.1 Å². The lowest BCUT2D eigenvalue weighted by atomic mass is 10.2. The molecule has 7 nitrogen and oxygen atoms in total. The lowest BCUT2D eigenvalue weighted by Crippen LogP contribution is -2.31. The van der Waals surface area contributed by atoms with Crippen molar-refractivity contribution in [1.29, 1.82) is 0 Å². The number of ether oxygens (including phenoxy) is 1. The first kappa shape index (κ1) is 19.0. The minimum atomic E-state index is -0.0617. The summed E-state index contributed by atoms with van der Waals surface area (Å²) in [6, 6.07) is 22.6. The molecule has 3 heterocycles. The van der Waals surface area contributed by atoms with Crippen LogP contribution in [0, 0.1) is 0 Å². The molecule has 1 saturated heterocycles. The van der Waals surface area contributed by atoms with E-state index >= 15 is 0 Å². The Morgan fingerprint density at radius 2 is 1.77 bits per heavy atom. The highest BCUT2D eigenvalue weighted by molar-refractivity contribution is 5.92. The maximum absolute atomic E-state index is 12.5. The molecule has 5 rings (SSSR count). The fourth-order valence-electron chi connectivity index (χ4n) is 3.57.